The molecule has 1 aliphatic carbocycles. The Morgan fingerprint density at radius 3 is 2.45 bits per heavy atom. The summed E-state index contributed by atoms with van der Waals surface area (Å²) in [4.78, 5) is 15.8. The molecule has 3 aromatic rings. The van der Waals surface area contributed by atoms with Gasteiger partial charge in [0.2, 0.25) is 5.91 Å². The van der Waals surface area contributed by atoms with Crippen LogP contribution in [-0.4, -0.2) is 33.8 Å². The van der Waals surface area contributed by atoms with Gasteiger partial charge < -0.3 is 14.4 Å². The summed E-state index contributed by atoms with van der Waals surface area (Å²) in [6.07, 6.45) is 1.77. The van der Waals surface area contributed by atoms with Crippen LogP contribution in [0.15, 0.2) is 54.6 Å². The maximum Gasteiger partial charge on any atom is 0.233 e. The van der Waals surface area contributed by atoms with Crippen molar-refractivity contribution < 1.29 is 14.3 Å². The van der Waals surface area contributed by atoms with Crippen LogP contribution in [0.5, 0.6) is 11.5 Å². The van der Waals surface area contributed by atoms with E-state index in [1.165, 1.54) is 0 Å². The van der Waals surface area contributed by atoms with Gasteiger partial charge in [0.1, 0.15) is 13.2 Å². The number of benzene rings is 2. The van der Waals surface area contributed by atoms with E-state index in [4.69, 9.17) is 9.47 Å². The molecule has 1 aliphatic heterocycles. The lowest BCUT2D eigenvalue weighted by Crippen LogP contribution is -2.38. The van der Waals surface area contributed by atoms with Gasteiger partial charge in [-0.2, -0.15) is 5.10 Å². The number of rotatable bonds is 6. The van der Waals surface area contributed by atoms with E-state index in [1.54, 1.807) is 0 Å². The standard InChI is InChI=1S/C25H27N3O3/c1-18-14-21(26-27(18)2)17-28(16-19-8-9-22-23(15-19)31-13-12-30-22)24(29)25(10-11-25)20-6-4-3-5-7-20/h3-9,14-15H,10-13,16-17H2,1-2H3. The van der Waals surface area contributed by atoms with Gasteiger partial charge >= 0.3 is 0 Å². The first-order valence-corrected chi connectivity index (χ1v) is 10.8. The van der Waals surface area contributed by atoms with E-state index in [2.05, 4.69) is 17.2 Å². The Kier molecular flexibility index (Phi) is 4.93. The second kappa shape index (κ2) is 7.76. The van der Waals surface area contributed by atoms with E-state index in [0.29, 0.717) is 26.3 Å². The molecule has 0 radical (unpaired) electrons. The molecule has 31 heavy (non-hydrogen) atoms. The summed E-state index contributed by atoms with van der Waals surface area (Å²) in [6.45, 7) is 4.11. The summed E-state index contributed by atoms with van der Waals surface area (Å²) in [5, 5.41) is 4.60. The summed E-state index contributed by atoms with van der Waals surface area (Å²) in [5.41, 5.74) is 3.68. The van der Waals surface area contributed by atoms with Crippen LogP contribution in [0, 0.1) is 6.92 Å². The molecule has 160 valence electrons. The highest BCUT2D eigenvalue weighted by Crippen LogP contribution is 2.50. The molecule has 1 saturated carbocycles. The van der Waals surface area contributed by atoms with E-state index in [0.717, 1.165) is 46.9 Å². The van der Waals surface area contributed by atoms with Gasteiger partial charge in [0.15, 0.2) is 11.5 Å². The second-order valence-electron chi connectivity index (χ2n) is 8.49. The molecule has 2 aromatic carbocycles. The minimum absolute atomic E-state index is 0.164. The molecule has 0 N–H and O–H groups in total. The van der Waals surface area contributed by atoms with Crippen molar-refractivity contribution in [3.63, 3.8) is 0 Å². The first kappa shape index (κ1) is 19.7. The SMILES string of the molecule is Cc1cc(CN(Cc2ccc3c(c2)OCCO3)C(=O)C2(c3ccccc3)CC2)nn1C. The minimum atomic E-state index is -0.418. The molecule has 0 spiro atoms. The van der Waals surface area contributed by atoms with Gasteiger partial charge in [-0.3, -0.25) is 9.48 Å². The van der Waals surface area contributed by atoms with E-state index in [9.17, 15) is 4.79 Å². The van der Waals surface area contributed by atoms with E-state index in [-0.39, 0.29) is 5.91 Å². The lowest BCUT2D eigenvalue weighted by molar-refractivity contribution is -0.135. The van der Waals surface area contributed by atoms with Crippen molar-refractivity contribution in [3.05, 3.63) is 77.1 Å². The predicted molar refractivity (Wildman–Crippen MR) is 117 cm³/mol. The third-order valence-electron chi connectivity index (χ3n) is 6.27. The number of fused-ring (bicyclic) bond motifs is 1. The van der Waals surface area contributed by atoms with Crippen LogP contribution in [0.3, 0.4) is 0 Å². The fourth-order valence-electron chi connectivity index (χ4n) is 4.32. The summed E-state index contributed by atoms with van der Waals surface area (Å²) in [7, 11) is 1.93. The Bertz CT molecular complexity index is 1080. The van der Waals surface area contributed by atoms with Crippen LogP contribution in [0.25, 0.3) is 0 Å². The second-order valence-corrected chi connectivity index (χ2v) is 8.49. The van der Waals surface area contributed by atoms with Gasteiger partial charge in [0.05, 0.1) is 17.7 Å². The molecule has 0 unspecified atom stereocenters. The van der Waals surface area contributed by atoms with Crippen LogP contribution in [0.1, 0.15) is 35.4 Å². The molecule has 5 rings (SSSR count). The highest BCUT2D eigenvalue weighted by molar-refractivity contribution is 5.91. The van der Waals surface area contributed by atoms with Crippen molar-refractivity contribution in [1.29, 1.82) is 0 Å². The fraction of sp³-hybridized carbons (Fsp3) is 0.360. The molecule has 1 amide bonds. The number of carbonyl (C=O) groups is 1. The van der Waals surface area contributed by atoms with Crippen LogP contribution in [-0.2, 0) is 30.3 Å². The summed E-state index contributed by atoms with van der Waals surface area (Å²) >= 11 is 0. The number of aromatic nitrogens is 2. The normalized spacial score (nSPS) is 16.1. The predicted octanol–water partition coefficient (Wildman–Crippen LogP) is 3.76. The van der Waals surface area contributed by atoms with Crippen molar-refractivity contribution in [2.45, 2.75) is 38.3 Å². The molecular formula is C25H27N3O3. The van der Waals surface area contributed by atoms with Gasteiger partial charge in [0, 0.05) is 19.3 Å². The van der Waals surface area contributed by atoms with Gasteiger partial charge in [-0.25, -0.2) is 0 Å². The van der Waals surface area contributed by atoms with Gasteiger partial charge in [-0.15, -0.1) is 0 Å². The molecular weight excluding hydrogens is 390 g/mol. The highest BCUT2D eigenvalue weighted by Gasteiger charge is 2.53. The molecule has 1 aromatic heterocycles. The lowest BCUT2D eigenvalue weighted by Gasteiger charge is -2.28. The zero-order valence-corrected chi connectivity index (χ0v) is 18.0. The molecule has 6 heteroatoms. The maximum atomic E-state index is 13.9. The summed E-state index contributed by atoms with van der Waals surface area (Å²) < 4.78 is 13.2. The van der Waals surface area contributed by atoms with Crippen molar-refractivity contribution >= 4 is 5.91 Å². The molecule has 0 atom stereocenters. The van der Waals surface area contributed by atoms with Crippen molar-refractivity contribution in [1.82, 2.24) is 14.7 Å². The summed E-state index contributed by atoms with van der Waals surface area (Å²) in [6, 6.07) is 18.1. The average molecular weight is 418 g/mol. The topological polar surface area (TPSA) is 56.6 Å². The fourth-order valence-corrected chi connectivity index (χ4v) is 4.32. The van der Waals surface area contributed by atoms with Gasteiger partial charge in [-0.05, 0) is 49.1 Å². The first-order valence-electron chi connectivity index (χ1n) is 10.8. The van der Waals surface area contributed by atoms with Crippen molar-refractivity contribution in [2.24, 2.45) is 7.05 Å². The average Bonchev–Trinajstić information content (AvgIpc) is 3.54. The van der Waals surface area contributed by atoms with Gasteiger partial charge in [0.25, 0.3) is 0 Å². The van der Waals surface area contributed by atoms with Gasteiger partial charge in [-0.1, -0.05) is 36.4 Å². The number of amides is 1. The number of ether oxygens (including phenoxy) is 2. The number of nitrogens with zero attached hydrogens (tertiary/aromatic N) is 3. The molecule has 2 heterocycles. The van der Waals surface area contributed by atoms with Crippen LogP contribution < -0.4 is 9.47 Å². The Labute approximate surface area is 182 Å². The maximum absolute atomic E-state index is 13.9. The van der Waals surface area contributed by atoms with Crippen molar-refractivity contribution in [3.8, 4) is 11.5 Å². The monoisotopic (exact) mass is 417 g/mol. The first-order chi connectivity index (χ1) is 15.0. The number of carbonyl (C=O) groups excluding carboxylic acids is 1. The Balaban J connectivity index is 1.45. The lowest BCUT2D eigenvalue weighted by atomic mass is 9.94. The number of hydrogen-bond acceptors (Lipinski definition) is 4. The highest BCUT2D eigenvalue weighted by atomic mass is 16.6. The number of hydrogen-bond donors (Lipinski definition) is 0. The molecule has 0 bridgehead atoms. The van der Waals surface area contributed by atoms with E-state index in [1.807, 2.05) is 66.0 Å². The Hall–Kier alpha value is -3.28. The summed E-state index contributed by atoms with van der Waals surface area (Å²) in [5.74, 6) is 1.67. The zero-order chi connectivity index (χ0) is 21.4. The molecule has 6 nitrogen and oxygen atoms in total. The third kappa shape index (κ3) is 3.78. The molecule has 1 fully saturated rings. The quantitative estimate of drug-likeness (QED) is 0.613. The zero-order valence-electron chi connectivity index (χ0n) is 18.0. The van der Waals surface area contributed by atoms with Crippen LogP contribution in [0.2, 0.25) is 0 Å². The third-order valence-corrected chi connectivity index (χ3v) is 6.27. The van der Waals surface area contributed by atoms with Crippen molar-refractivity contribution in [2.75, 3.05) is 13.2 Å². The molecule has 2 aliphatic rings. The Morgan fingerprint density at radius 1 is 1.03 bits per heavy atom. The van der Waals surface area contributed by atoms with Crippen LogP contribution >= 0.6 is 0 Å². The largest absolute Gasteiger partial charge is 0.486 e. The van der Waals surface area contributed by atoms with E-state index >= 15 is 0 Å². The Morgan fingerprint density at radius 2 is 1.77 bits per heavy atom. The molecule has 0 saturated heterocycles. The minimum Gasteiger partial charge on any atom is -0.486 e. The smallest absolute Gasteiger partial charge is 0.233 e. The number of aryl methyl sites for hydroxylation is 2. The van der Waals surface area contributed by atoms with Crippen LogP contribution in [0.4, 0.5) is 0 Å². The van der Waals surface area contributed by atoms with E-state index < -0.39 is 5.41 Å².